The highest BCUT2D eigenvalue weighted by molar-refractivity contribution is 6.28. The average Bonchev–Trinajstić information content (AvgIpc) is 2.31. The summed E-state index contributed by atoms with van der Waals surface area (Å²) in [7, 11) is 3.85. The smallest absolute Gasteiger partial charge is 0.243 e. The minimum atomic E-state index is 0.181. The lowest BCUT2D eigenvalue weighted by molar-refractivity contribution is 0.178. The minimum absolute atomic E-state index is 0.181. The first-order valence-corrected chi connectivity index (χ1v) is 5.84. The van der Waals surface area contributed by atoms with Gasteiger partial charge in [0, 0.05) is 33.2 Å². The molecule has 0 bridgehead atoms. The zero-order valence-corrected chi connectivity index (χ0v) is 10.7. The molecule has 1 aliphatic rings. The third-order valence-electron chi connectivity index (χ3n) is 2.59. The first-order chi connectivity index (χ1) is 8.17. The van der Waals surface area contributed by atoms with Crippen LogP contribution in [0.1, 0.15) is 0 Å². The van der Waals surface area contributed by atoms with Gasteiger partial charge in [-0.05, 0) is 18.6 Å². The highest BCUT2D eigenvalue weighted by Crippen LogP contribution is 2.10. The van der Waals surface area contributed by atoms with Crippen LogP contribution in [0.25, 0.3) is 0 Å². The fourth-order valence-electron chi connectivity index (χ4n) is 1.57. The van der Waals surface area contributed by atoms with E-state index in [2.05, 4.69) is 42.7 Å². The number of nitrogens with one attached hydrogen (secondary N) is 2. The molecule has 0 unspecified atom stereocenters. The molecule has 0 atom stereocenters. The standard InChI is InChI=1S/C9H16ClN7/c1-11-8-12-7(10)13-9(14-8)15-17-5-3-16(2)4-6-17/h3-6H2,1-2H3,(H2,11,12,13,14,15). The topological polar surface area (TPSA) is 69.2 Å². The number of rotatable bonds is 3. The summed E-state index contributed by atoms with van der Waals surface area (Å²) >= 11 is 5.80. The van der Waals surface area contributed by atoms with Crippen LogP contribution in [0.4, 0.5) is 11.9 Å². The van der Waals surface area contributed by atoms with Gasteiger partial charge < -0.3 is 10.2 Å². The fraction of sp³-hybridized carbons (Fsp3) is 0.667. The van der Waals surface area contributed by atoms with Gasteiger partial charge in [0.15, 0.2) is 0 Å². The lowest BCUT2D eigenvalue weighted by Gasteiger charge is -2.32. The Labute approximate surface area is 105 Å². The van der Waals surface area contributed by atoms with Crippen LogP contribution in [-0.2, 0) is 0 Å². The second kappa shape index (κ2) is 5.44. The molecule has 0 spiro atoms. The number of anilines is 2. The SMILES string of the molecule is CNc1nc(Cl)nc(NN2CCN(C)CC2)n1. The van der Waals surface area contributed by atoms with Crippen molar-refractivity contribution in [2.75, 3.05) is 51.0 Å². The van der Waals surface area contributed by atoms with E-state index in [1.807, 2.05) is 0 Å². The molecule has 1 fully saturated rings. The maximum Gasteiger partial charge on any atom is 0.243 e. The van der Waals surface area contributed by atoms with Gasteiger partial charge in [-0.2, -0.15) is 15.0 Å². The lowest BCUT2D eigenvalue weighted by Crippen LogP contribution is -2.47. The maximum absolute atomic E-state index is 5.80. The number of hydrogen-bond acceptors (Lipinski definition) is 7. The molecular weight excluding hydrogens is 242 g/mol. The van der Waals surface area contributed by atoms with Crippen molar-refractivity contribution in [3.8, 4) is 0 Å². The van der Waals surface area contributed by atoms with Gasteiger partial charge in [0.25, 0.3) is 0 Å². The largest absolute Gasteiger partial charge is 0.357 e. The summed E-state index contributed by atoms with van der Waals surface area (Å²) < 4.78 is 0. The predicted molar refractivity (Wildman–Crippen MR) is 67.1 cm³/mol. The molecule has 2 rings (SSSR count). The molecule has 1 aliphatic heterocycles. The molecule has 2 N–H and O–H groups in total. The number of halogens is 1. The van der Waals surface area contributed by atoms with E-state index < -0.39 is 0 Å². The molecule has 8 heteroatoms. The zero-order chi connectivity index (χ0) is 12.3. The van der Waals surface area contributed by atoms with Gasteiger partial charge >= 0.3 is 0 Å². The molecule has 0 saturated carbocycles. The monoisotopic (exact) mass is 257 g/mol. The molecule has 2 heterocycles. The number of aromatic nitrogens is 3. The number of hydrazine groups is 1. The van der Waals surface area contributed by atoms with Gasteiger partial charge in [0.1, 0.15) is 0 Å². The van der Waals surface area contributed by atoms with Gasteiger partial charge in [-0.25, -0.2) is 5.01 Å². The van der Waals surface area contributed by atoms with E-state index in [0.717, 1.165) is 26.2 Å². The Morgan fingerprint density at radius 2 is 1.71 bits per heavy atom. The fourth-order valence-corrected chi connectivity index (χ4v) is 1.73. The van der Waals surface area contributed by atoms with E-state index in [9.17, 15) is 0 Å². The second-order valence-electron chi connectivity index (χ2n) is 3.90. The molecule has 17 heavy (non-hydrogen) atoms. The first-order valence-electron chi connectivity index (χ1n) is 5.47. The second-order valence-corrected chi connectivity index (χ2v) is 4.24. The summed E-state index contributed by atoms with van der Waals surface area (Å²) in [6, 6.07) is 0. The van der Waals surface area contributed by atoms with Crippen LogP contribution in [0.2, 0.25) is 5.28 Å². The Kier molecular flexibility index (Phi) is 3.93. The predicted octanol–water partition coefficient (Wildman–Crippen LogP) is 0.141. The molecule has 1 saturated heterocycles. The maximum atomic E-state index is 5.80. The number of nitrogens with zero attached hydrogens (tertiary/aromatic N) is 5. The Morgan fingerprint density at radius 3 is 2.35 bits per heavy atom. The van der Waals surface area contributed by atoms with E-state index >= 15 is 0 Å². The molecule has 1 aromatic rings. The zero-order valence-electron chi connectivity index (χ0n) is 9.94. The van der Waals surface area contributed by atoms with Crippen molar-refractivity contribution < 1.29 is 0 Å². The molecule has 94 valence electrons. The molecule has 0 radical (unpaired) electrons. The van der Waals surface area contributed by atoms with Crippen molar-refractivity contribution >= 4 is 23.5 Å². The van der Waals surface area contributed by atoms with Crippen molar-refractivity contribution in [2.24, 2.45) is 0 Å². The third kappa shape index (κ3) is 3.39. The van der Waals surface area contributed by atoms with Crippen LogP contribution < -0.4 is 10.7 Å². The minimum Gasteiger partial charge on any atom is -0.357 e. The highest BCUT2D eigenvalue weighted by Gasteiger charge is 2.15. The number of hydrogen-bond donors (Lipinski definition) is 2. The van der Waals surface area contributed by atoms with Gasteiger partial charge in [0.05, 0.1) is 0 Å². The van der Waals surface area contributed by atoms with Crippen LogP contribution in [0.5, 0.6) is 0 Å². The van der Waals surface area contributed by atoms with Crippen LogP contribution in [0.3, 0.4) is 0 Å². The molecule has 0 amide bonds. The van der Waals surface area contributed by atoms with Crippen molar-refractivity contribution in [3.63, 3.8) is 0 Å². The van der Waals surface area contributed by atoms with Gasteiger partial charge in [-0.1, -0.05) is 0 Å². The summed E-state index contributed by atoms with van der Waals surface area (Å²) in [5.41, 5.74) is 3.14. The summed E-state index contributed by atoms with van der Waals surface area (Å²) in [6.45, 7) is 3.89. The summed E-state index contributed by atoms with van der Waals surface area (Å²) in [5.74, 6) is 0.931. The van der Waals surface area contributed by atoms with Crippen LogP contribution in [0, 0.1) is 0 Å². The first kappa shape index (κ1) is 12.3. The van der Waals surface area contributed by atoms with E-state index in [1.165, 1.54) is 0 Å². The molecule has 1 aromatic heterocycles. The quantitative estimate of drug-likeness (QED) is 0.798. The molecule has 0 aromatic carbocycles. The van der Waals surface area contributed by atoms with Crippen molar-refractivity contribution in [2.45, 2.75) is 0 Å². The summed E-state index contributed by atoms with van der Waals surface area (Å²) in [6.07, 6.45) is 0. The molecule has 0 aliphatic carbocycles. The molecule has 7 nitrogen and oxygen atoms in total. The number of likely N-dealkylation sites (N-methyl/N-ethyl adjacent to an activating group) is 1. The molecular formula is C9H16ClN7. The lowest BCUT2D eigenvalue weighted by atomic mass is 10.4. The Bertz CT molecular complexity index is 378. The van der Waals surface area contributed by atoms with E-state index in [1.54, 1.807) is 7.05 Å². The average molecular weight is 258 g/mol. The van der Waals surface area contributed by atoms with Crippen LogP contribution in [-0.4, -0.2) is 65.1 Å². The summed E-state index contributed by atoms with van der Waals surface area (Å²) in [4.78, 5) is 14.4. The van der Waals surface area contributed by atoms with Gasteiger partial charge in [-0.15, -0.1) is 0 Å². The third-order valence-corrected chi connectivity index (χ3v) is 2.76. The van der Waals surface area contributed by atoms with Gasteiger partial charge in [-0.3, -0.25) is 5.43 Å². The van der Waals surface area contributed by atoms with E-state index in [0.29, 0.717) is 11.9 Å². The van der Waals surface area contributed by atoms with Crippen LogP contribution >= 0.6 is 11.6 Å². The van der Waals surface area contributed by atoms with Gasteiger partial charge in [0.2, 0.25) is 17.2 Å². The Morgan fingerprint density at radius 1 is 1.06 bits per heavy atom. The Hall–Kier alpha value is -1.18. The normalized spacial score (nSPS) is 18.1. The summed E-state index contributed by atoms with van der Waals surface area (Å²) in [5, 5.41) is 5.10. The van der Waals surface area contributed by atoms with E-state index in [4.69, 9.17) is 11.6 Å². The Balaban J connectivity index is 2.00. The van der Waals surface area contributed by atoms with Crippen molar-refractivity contribution in [1.82, 2.24) is 24.9 Å². The van der Waals surface area contributed by atoms with Crippen LogP contribution in [0.15, 0.2) is 0 Å². The number of piperazine rings is 1. The van der Waals surface area contributed by atoms with Crippen molar-refractivity contribution in [1.29, 1.82) is 0 Å². The highest BCUT2D eigenvalue weighted by atomic mass is 35.5. The van der Waals surface area contributed by atoms with E-state index in [-0.39, 0.29) is 5.28 Å². The van der Waals surface area contributed by atoms with Crippen molar-refractivity contribution in [3.05, 3.63) is 5.28 Å².